The number of hydrogen-bond donors (Lipinski definition) is 0. The number of benzene rings is 1. The van der Waals surface area contributed by atoms with Gasteiger partial charge >= 0.3 is 6.09 Å². The number of nitrogens with zero attached hydrogens (tertiary/aromatic N) is 2. The molecule has 134 valence electrons. The number of ether oxygens (including phenoxy) is 1. The van der Waals surface area contributed by atoms with Gasteiger partial charge in [-0.05, 0) is 63.3 Å². The molecule has 0 fully saturated rings. The average Bonchev–Trinajstić information content (AvgIpc) is 2.58. The van der Waals surface area contributed by atoms with Gasteiger partial charge in [-0.25, -0.2) is 4.79 Å². The molecule has 1 heterocycles. The van der Waals surface area contributed by atoms with E-state index in [0.29, 0.717) is 13.1 Å². The van der Waals surface area contributed by atoms with Gasteiger partial charge in [-0.3, -0.25) is 4.98 Å². The van der Waals surface area contributed by atoms with Gasteiger partial charge in [-0.2, -0.15) is 0 Å². The summed E-state index contributed by atoms with van der Waals surface area (Å²) in [6.45, 7) is 6.96. The number of unbranched alkanes of at least 4 members (excludes halogenated alkanes) is 1. The monoisotopic (exact) mass is 340 g/mol. The van der Waals surface area contributed by atoms with Gasteiger partial charge < -0.3 is 9.64 Å². The molecule has 1 amide bonds. The maximum atomic E-state index is 12.5. The van der Waals surface area contributed by atoms with Crippen LogP contribution >= 0.6 is 0 Å². The molecule has 4 heteroatoms. The fourth-order valence-electron chi connectivity index (χ4n) is 2.55. The minimum atomic E-state index is -0.483. The number of aryl methyl sites for hydroxylation is 1. The molecule has 1 aromatic carbocycles. The molecule has 25 heavy (non-hydrogen) atoms. The minimum Gasteiger partial charge on any atom is -0.444 e. The van der Waals surface area contributed by atoms with Crippen LogP contribution in [0, 0.1) is 0 Å². The molecule has 0 N–H and O–H groups in total. The van der Waals surface area contributed by atoms with E-state index in [1.807, 2.05) is 75.6 Å². The Hall–Kier alpha value is -2.36. The van der Waals surface area contributed by atoms with Crippen molar-refractivity contribution in [3.63, 3.8) is 0 Å². The second-order valence-corrected chi connectivity index (χ2v) is 7.20. The number of pyridine rings is 1. The van der Waals surface area contributed by atoms with Crippen LogP contribution in [0.25, 0.3) is 0 Å². The Balaban J connectivity index is 1.90. The molecule has 1 aromatic heterocycles. The summed E-state index contributed by atoms with van der Waals surface area (Å²) in [4.78, 5) is 18.4. The van der Waals surface area contributed by atoms with E-state index in [1.165, 1.54) is 5.56 Å². The lowest BCUT2D eigenvalue weighted by Gasteiger charge is -2.27. The van der Waals surface area contributed by atoms with E-state index in [2.05, 4.69) is 4.98 Å². The number of carbonyl (C=O) groups is 1. The molecule has 0 atom stereocenters. The Bertz CT molecular complexity index is 636. The fraction of sp³-hybridized carbons (Fsp3) is 0.429. The van der Waals surface area contributed by atoms with Crippen LogP contribution in [0.5, 0.6) is 0 Å². The Morgan fingerprint density at radius 2 is 1.68 bits per heavy atom. The molecule has 0 saturated carbocycles. The molecule has 0 bridgehead atoms. The molecule has 2 rings (SSSR count). The maximum Gasteiger partial charge on any atom is 0.410 e. The molecule has 0 saturated heterocycles. The molecule has 0 aliphatic carbocycles. The van der Waals surface area contributed by atoms with Crippen LogP contribution in [0.1, 0.15) is 44.7 Å². The Labute approximate surface area is 150 Å². The number of rotatable bonds is 7. The van der Waals surface area contributed by atoms with Crippen molar-refractivity contribution in [2.45, 2.75) is 52.2 Å². The van der Waals surface area contributed by atoms with Crippen molar-refractivity contribution in [3.05, 3.63) is 66.0 Å². The molecule has 2 aromatic rings. The van der Waals surface area contributed by atoms with Crippen molar-refractivity contribution in [2.24, 2.45) is 0 Å². The van der Waals surface area contributed by atoms with Crippen LogP contribution in [-0.4, -0.2) is 28.1 Å². The van der Waals surface area contributed by atoms with Crippen molar-refractivity contribution < 1.29 is 9.53 Å². The number of amides is 1. The number of carbonyl (C=O) groups excluding carboxylic acids is 1. The highest BCUT2D eigenvalue weighted by molar-refractivity contribution is 5.68. The number of hydrogen-bond acceptors (Lipinski definition) is 3. The standard InChI is InChI=1S/C21H28N2O2/c1-21(2,3)25-20(24)23(17-19-10-5-4-6-11-19)16-8-7-9-18-12-14-22-15-13-18/h4-6,10-15H,7-9,16-17H2,1-3H3. The van der Waals surface area contributed by atoms with Gasteiger partial charge in [0.15, 0.2) is 0 Å². The molecule has 0 radical (unpaired) electrons. The molecular formula is C21H28N2O2. The van der Waals surface area contributed by atoms with Crippen LogP contribution in [0.15, 0.2) is 54.9 Å². The molecule has 0 spiro atoms. The van der Waals surface area contributed by atoms with E-state index in [4.69, 9.17) is 4.74 Å². The van der Waals surface area contributed by atoms with Crippen molar-refractivity contribution in [1.29, 1.82) is 0 Å². The van der Waals surface area contributed by atoms with Crippen molar-refractivity contribution in [1.82, 2.24) is 9.88 Å². The first-order valence-corrected chi connectivity index (χ1v) is 8.85. The van der Waals surface area contributed by atoms with E-state index >= 15 is 0 Å². The Morgan fingerprint density at radius 3 is 2.32 bits per heavy atom. The summed E-state index contributed by atoms with van der Waals surface area (Å²) < 4.78 is 5.57. The van der Waals surface area contributed by atoms with Crippen LogP contribution in [-0.2, 0) is 17.7 Å². The van der Waals surface area contributed by atoms with Crippen LogP contribution in [0.2, 0.25) is 0 Å². The summed E-state index contributed by atoms with van der Waals surface area (Å²) in [7, 11) is 0. The first-order valence-electron chi connectivity index (χ1n) is 8.85. The summed E-state index contributed by atoms with van der Waals surface area (Å²) in [5, 5.41) is 0. The highest BCUT2D eigenvalue weighted by Gasteiger charge is 2.22. The third-order valence-corrected chi connectivity index (χ3v) is 3.76. The molecule has 4 nitrogen and oxygen atoms in total. The van der Waals surface area contributed by atoms with E-state index in [-0.39, 0.29) is 6.09 Å². The van der Waals surface area contributed by atoms with Gasteiger partial charge in [-0.1, -0.05) is 30.3 Å². The van der Waals surface area contributed by atoms with E-state index in [0.717, 1.165) is 24.8 Å². The fourth-order valence-corrected chi connectivity index (χ4v) is 2.55. The highest BCUT2D eigenvalue weighted by atomic mass is 16.6. The highest BCUT2D eigenvalue weighted by Crippen LogP contribution is 2.14. The second kappa shape index (κ2) is 9.21. The normalized spacial score (nSPS) is 11.2. The van der Waals surface area contributed by atoms with Gasteiger partial charge in [0.05, 0.1) is 0 Å². The number of aromatic nitrogens is 1. The van der Waals surface area contributed by atoms with Crippen molar-refractivity contribution >= 4 is 6.09 Å². The summed E-state index contributed by atoms with van der Waals surface area (Å²) in [6.07, 6.45) is 6.35. The maximum absolute atomic E-state index is 12.5. The lowest BCUT2D eigenvalue weighted by Crippen LogP contribution is -2.37. The van der Waals surface area contributed by atoms with E-state index in [1.54, 1.807) is 4.90 Å². The summed E-state index contributed by atoms with van der Waals surface area (Å²) in [5.41, 5.74) is 1.91. The quantitative estimate of drug-likeness (QED) is 0.677. The molecule has 0 unspecified atom stereocenters. The third kappa shape index (κ3) is 7.38. The average molecular weight is 340 g/mol. The zero-order valence-corrected chi connectivity index (χ0v) is 15.4. The predicted octanol–water partition coefficient (Wildman–Crippen LogP) is 4.84. The zero-order chi connectivity index (χ0) is 18.1. The van der Waals surface area contributed by atoms with E-state index < -0.39 is 5.60 Å². The molecule has 0 aliphatic heterocycles. The zero-order valence-electron chi connectivity index (χ0n) is 15.4. The van der Waals surface area contributed by atoms with Gasteiger partial charge in [-0.15, -0.1) is 0 Å². The molecule has 0 aliphatic rings. The predicted molar refractivity (Wildman–Crippen MR) is 100 cm³/mol. The van der Waals surface area contributed by atoms with Crippen molar-refractivity contribution in [3.8, 4) is 0 Å². The second-order valence-electron chi connectivity index (χ2n) is 7.20. The summed E-state index contributed by atoms with van der Waals surface area (Å²) in [6, 6.07) is 14.1. The SMILES string of the molecule is CC(C)(C)OC(=O)N(CCCCc1ccncc1)Cc1ccccc1. The van der Waals surface area contributed by atoms with Gasteiger partial charge in [0, 0.05) is 25.5 Å². The smallest absolute Gasteiger partial charge is 0.410 e. The van der Waals surface area contributed by atoms with E-state index in [9.17, 15) is 4.79 Å². The first kappa shape index (κ1) is 19.0. The summed E-state index contributed by atoms with van der Waals surface area (Å²) in [5.74, 6) is 0. The lowest BCUT2D eigenvalue weighted by atomic mass is 10.1. The van der Waals surface area contributed by atoms with Gasteiger partial charge in [0.1, 0.15) is 5.60 Å². The van der Waals surface area contributed by atoms with Crippen LogP contribution in [0.3, 0.4) is 0 Å². The van der Waals surface area contributed by atoms with Crippen molar-refractivity contribution in [2.75, 3.05) is 6.54 Å². The van der Waals surface area contributed by atoms with Gasteiger partial charge in [0.2, 0.25) is 0 Å². The van der Waals surface area contributed by atoms with Crippen LogP contribution < -0.4 is 0 Å². The Kier molecular flexibility index (Phi) is 6.99. The lowest BCUT2D eigenvalue weighted by molar-refractivity contribution is 0.0230. The minimum absolute atomic E-state index is 0.250. The largest absolute Gasteiger partial charge is 0.444 e. The van der Waals surface area contributed by atoms with Gasteiger partial charge in [0.25, 0.3) is 0 Å². The topological polar surface area (TPSA) is 42.4 Å². The first-order chi connectivity index (χ1) is 11.9. The molecular weight excluding hydrogens is 312 g/mol. The summed E-state index contributed by atoms with van der Waals surface area (Å²) >= 11 is 0. The van der Waals surface area contributed by atoms with Crippen LogP contribution in [0.4, 0.5) is 4.79 Å². The third-order valence-electron chi connectivity index (χ3n) is 3.76. The Morgan fingerprint density at radius 1 is 1.00 bits per heavy atom.